The molecular weight excluding hydrogens is 302 g/mol. The first kappa shape index (κ1) is 16.6. The van der Waals surface area contributed by atoms with Crippen molar-refractivity contribution in [2.24, 2.45) is 15.8 Å². The highest BCUT2D eigenvalue weighted by Gasteiger charge is 2.59. The molecule has 2 unspecified atom stereocenters. The van der Waals surface area contributed by atoms with E-state index in [1.54, 1.807) is 0 Å². The third kappa shape index (κ3) is 2.64. The second kappa shape index (κ2) is 6.49. The summed E-state index contributed by atoms with van der Waals surface area (Å²) in [4.78, 5) is 7.12. The van der Waals surface area contributed by atoms with Crippen LogP contribution in [0, 0.1) is 10.8 Å². The molecule has 4 fully saturated rings. The molecule has 4 rings (SSSR count). The Hall–Kier alpha value is -0.810. The van der Waals surface area contributed by atoms with E-state index in [-0.39, 0.29) is 0 Å². The summed E-state index contributed by atoms with van der Waals surface area (Å²) < 4.78 is 11.6. The van der Waals surface area contributed by atoms with Crippen molar-refractivity contribution in [1.82, 2.24) is 10.2 Å². The van der Waals surface area contributed by atoms with E-state index in [2.05, 4.69) is 22.1 Å². The maximum absolute atomic E-state index is 5.99. The van der Waals surface area contributed by atoms with Gasteiger partial charge in [-0.05, 0) is 50.9 Å². The molecule has 2 aliphatic carbocycles. The molecular formula is C19H33N3O2. The summed E-state index contributed by atoms with van der Waals surface area (Å²) in [5.74, 6) is 1.12. The van der Waals surface area contributed by atoms with E-state index in [1.807, 2.05) is 7.05 Å². The number of nitrogens with zero attached hydrogens (tertiary/aromatic N) is 2. The van der Waals surface area contributed by atoms with Gasteiger partial charge in [0.05, 0.1) is 6.10 Å². The second-order valence-electron chi connectivity index (χ2n) is 8.29. The van der Waals surface area contributed by atoms with E-state index < -0.39 is 0 Å². The van der Waals surface area contributed by atoms with Crippen LogP contribution in [0.4, 0.5) is 0 Å². The molecule has 136 valence electrons. The predicted octanol–water partition coefficient (Wildman–Crippen LogP) is 2.41. The van der Waals surface area contributed by atoms with Gasteiger partial charge >= 0.3 is 0 Å². The van der Waals surface area contributed by atoms with Gasteiger partial charge < -0.3 is 19.7 Å². The van der Waals surface area contributed by atoms with Gasteiger partial charge in [-0.15, -0.1) is 0 Å². The number of hydrogen-bond acceptors (Lipinski definition) is 3. The fraction of sp³-hybridized carbons (Fsp3) is 0.947. The number of rotatable bonds is 3. The van der Waals surface area contributed by atoms with Crippen LogP contribution in [0.2, 0.25) is 0 Å². The monoisotopic (exact) mass is 335 g/mol. The Morgan fingerprint density at radius 3 is 2.67 bits per heavy atom. The van der Waals surface area contributed by atoms with Crippen molar-refractivity contribution < 1.29 is 9.47 Å². The summed E-state index contributed by atoms with van der Waals surface area (Å²) in [6, 6.07) is 0.549. The van der Waals surface area contributed by atoms with Crippen LogP contribution in [0.15, 0.2) is 4.99 Å². The van der Waals surface area contributed by atoms with Gasteiger partial charge in [0.15, 0.2) is 5.96 Å². The largest absolute Gasteiger partial charge is 0.381 e. The second-order valence-corrected chi connectivity index (χ2v) is 8.29. The van der Waals surface area contributed by atoms with E-state index in [0.717, 1.165) is 45.3 Å². The molecule has 1 N–H and O–H groups in total. The number of ether oxygens (including phenoxy) is 2. The lowest BCUT2D eigenvalue weighted by Crippen LogP contribution is -2.68. The van der Waals surface area contributed by atoms with Gasteiger partial charge in [-0.3, -0.25) is 4.99 Å². The third-order valence-electron chi connectivity index (χ3n) is 7.24. The smallest absolute Gasteiger partial charge is 0.193 e. The van der Waals surface area contributed by atoms with Crippen molar-refractivity contribution in [3.8, 4) is 0 Å². The van der Waals surface area contributed by atoms with Crippen molar-refractivity contribution >= 4 is 5.96 Å². The first-order chi connectivity index (χ1) is 11.7. The van der Waals surface area contributed by atoms with Crippen molar-refractivity contribution in [2.75, 3.05) is 40.0 Å². The molecule has 0 radical (unpaired) electrons. The molecule has 5 nitrogen and oxygen atoms in total. The first-order valence-corrected chi connectivity index (χ1v) is 9.89. The van der Waals surface area contributed by atoms with Crippen LogP contribution in [0.25, 0.3) is 0 Å². The van der Waals surface area contributed by atoms with Gasteiger partial charge in [0.1, 0.15) is 0 Å². The predicted molar refractivity (Wildman–Crippen MR) is 95.3 cm³/mol. The van der Waals surface area contributed by atoms with E-state index in [9.17, 15) is 0 Å². The lowest BCUT2D eigenvalue weighted by molar-refractivity contribution is -0.168. The fourth-order valence-corrected chi connectivity index (χ4v) is 5.42. The Balaban J connectivity index is 1.37. The quantitative estimate of drug-likeness (QED) is 0.635. The number of hydrogen-bond donors (Lipinski definition) is 1. The highest BCUT2D eigenvalue weighted by atomic mass is 16.5. The Bertz CT molecular complexity index is 483. The molecule has 2 atom stereocenters. The zero-order valence-corrected chi connectivity index (χ0v) is 15.4. The average molecular weight is 335 g/mol. The van der Waals surface area contributed by atoms with Crippen LogP contribution < -0.4 is 5.32 Å². The summed E-state index contributed by atoms with van der Waals surface area (Å²) >= 11 is 0. The minimum atomic E-state index is 0.391. The fourth-order valence-electron chi connectivity index (χ4n) is 5.42. The lowest BCUT2D eigenvalue weighted by atomic mass is 9.51. The zero-order chi connectivity index (χ0) is 16.6. The molecule has 0 aromatic carbocycles. The summed E-state index contributed by atoms with van der Waals surface area (Å²) in [6.07, 6.45) is 9.29. The van der Waals surface area contributed by atoms with Gasteiger partial charge in [0.2, 0.25) is 0 Å². The molecule has 2 heterocycles. The standard InChI is InChI=1S/C19H33N3O2/c1-3-24-16-13-15(19(16)5-4-6-19)21-17(20-2)22-10-7-18(14-22)8-11-23-12-9-18/h15-16H,3-14H2,1-2H3,(H,20,21). The van der Waals surface area contributed by atoms with E-state index in [0.29, 0.717) is 23.0 Å². The minimum absolute atomic E-state index is 0.391. The molecule has 2 saturated heterocycles. The van der Waals surface area contributed by atoms with Gasteiger partial charge in [-0.2, -0.15) is 0 Å². The van der Waals surface area contributed by atoms with Crippen LogP contribution in [-0.2, 0) is 9.47 Å². The average Bonchev–Trinajstić information content (AvgIpc) is 2.92. The highest BCUT2D eigenvalue weighted by Crippen LogP contribution is 2.57. The molecule has 0 aromatic rings. The summed E-state index contributed by atoms with van der Waals surface area (Å²) in [5, 5.41) is 3.81. The van der Waals surface area contributed by atoms with Gasteiger partial charge in [0, 0.05) is 51.4 Å². The first-order valence-electron chi connectivity index (χ1n) is 9.89. The molecule has 2 aliphatic heterocycles. The van der Waals surface area contributed by atoms with E-state index in [1.165, 1.54) is 38.5 Å². The third-order valence-corrected chi connectivity index (χ3v) is 7.24. The van der Waals surface area contributed by atoms with Crippen LogP contribution >= 0.6 is 0 Å². The Labute approximate surface area is 146 Å². The van der Waals surface area contributed by atoms with E-state index >= 15 is 0 Å². The lowest BCUT2D eigenvalue weighted by Gasteiger charge is -2.61. The van der Waals surface area contributed by atoms with Crippen molar-refractivity contribution in [2.45, 2.75) is 64.0 Å². The maximum atomic E-state index is 5.99. The molecule has 5 heteroatoms. The van der Waals surface area contributed by atoms with Gasteiger partial charge in [-0.1, -0.05) is 6.42 Å². The van der Waals surface area contributed by atoms with E-state index in [4.69, 9.17) is 9.47 Å². The van der Waals surface area contributed by atoms with Gasteiger partial charge in [-0.25, -0.2) is 0 Å². The number of nitrogens with one attached hydrogen (secondary N) is 1. The van der Waals surface area contributed by atoms with Gasteiger partial charge in [0.25, 0.3) is 0 Å². The normalized spacial score (nSPS) is 34.2. The van der Waals surface area contributed by atoms with Crippen LogP contribution in [-0.4, -0.2) is 63.0 Å². The van der Waals surface area contributed by atoms with Crippen molar-refractivity contribution in [3.05, 3.63) is 0 Å². The molecule has 4 aliphatic rings. The Morgan fingerprint density at radius 2 is 2.04 bits per heavy atom. The summed E-state index contributed by atoms with van der Waals surface area (Å²) in [6.45, 7) is 7.09. The van der Waals surface area contributed by atoms with Crippen molar-refractivity contribution in [1.29, 1.82) is 0 Å². The highest BCUT2D eigenvalue weighted by molar-refractivity contribution is 5.81. The summed E-state index contributed by atoms with van der Waals surface area (Å²) in [5.41, 5.74) is 0.861. The Morgan fingerprint density at radius 1 is 1.25 bits per heavy atom. The molecule has 0 amide bonds. The zero-order valence-electron chi connectivity index (χ0n) is 15.4. The SMILES string of the molecule is CCOC1CC(NC(=NC)N2CCC3(CCOCC3)C2)C12CCC2. The number of guanidine groups is 1. The number of aliphatic imine (C=N–C) groups is 1. The Kier molecular flexibility index (Phi) is 4.50. The topological polar surface area (TPSA) is 46.1 Å². The van der Waals surface area contributed by atoms with Crippen LogP contribution in [0.1, 0.15) is 51.9 Å². The van der Waals surface area contributed by atoms with Crippen LogP contribution in [0.3, 0.4) is 0 Å². The molecule has 2 spiro atoms. The molecule has 24 heavy (non-hydrogen) atoms. The molecule has 2 saturated carbocycles. The minimum Gasteiger partial charge on any atom is -0.381 e. The molecule has 0 aromatic heterocycles. The van der Waals surface area contributed by atoms with Crippen LogP contribution in [0.5, 0.6) is 0 Å². The van der Waals surface area contributed by atoms with Crippen molar-refractivity contribution in [3.63, 3.8) is 0 Å². The number of likely N-dealkylation sites (tertiary alicyclic amines) is 1. The summed E-state index contributed by atoms with van der Waals surface area (Å²) in [7, 11) is 1.93. The maximum Gasteiger partial charge on any atom is 0.193 e. The molecule has 0 bridgehead atoms.